The van der Waals surface area contributed by atoms with E-state index in [0.717, 1.165) is 10.2 Å². The third-order valence-corrected chi connectivity index (χ3v) is 2.87. The van der Waals surface area contributed by atoms with Crippen molar-refractivity contribution in [3.63, 3.8) is 0 Å². The van der Waals surface area contributed by atoms with Crippen LogP contribution in [-0.2, 0) is 6.54 Å². The molecule has 0 fully saturated rings. The van der Waals surface area contributed by atoms with E-state index in [1.54, 1.807) is 4.68 Å². The zero-order valence-corrected chi connectivity index (χ0v) is 10.8. The highest BCUT2D eigenvalue weighted by molar-refractivity contribution is 9.10. The summed E-state index contributed by atoms with van der Waals surface area (Å²) in [4.78, 5) is 0. The quantitative estimate of drug-likeness (QED) is 0.938. The lowest BCUT2D eigenvalue weighted by Gasteiger charge is -2.03. The van der Waals surface area contributed by atoms with Gasteiger partial charge >= 0.3 is 0 Å². The molecule has 0 bridgehead atoms. The van der Waals surface area contributed by atoms with Gasteiger partial charge in [0.2, 0.25) is 0 Å². The molecule has 2 heterocycles. The molecule has 0 spiro atoms. The first-order valence-corrected chi connectivity index (χ1v) is 5.88. The maximum atomic E-state index is 5.64. The van der Waals surface area contributed by atoms with Crippen LogP contribution in [0.3, 0.4) is 0 Å². The van der Waals surface area contributed by atoms with Gasteiger partial charge in [-0.25, -0.2) is 0 Å². The van der Waals surface area contributed by atoms with Gasteiger partial charge in [0.05, 0.1) is 16.7 Å². The Morgan fingerprint density at radius 3 is 2.69 bits per heavy atom. The van der Waals surface area contributed by atoms with Gasteiger partial charge in [-0.05, 0) is 35.8 Å². The van der Waals surface area contributed by atoms with Crippen LogP contribution >= 0.6 is 15.9 Å². The van der Waals surface area contributed by atoms with Gasteiger partial charge in [-0.15, -0.1) is 0 Å². The molecule has 2 N–H and O–H groups in total. The molecular formula is C10H14BrN5. The molecule has 0 aliphatic heterocycles. The molecule has 2 aromatic rings. The second-order valence-corrected chi connectivity index (χ2v) is 4.80. The average molecular weight is 284 g/mol. The van der Waals surface area contributed by atoms with Crippen molar-refractivity contribution in [1.82, 2.24) is 19.6 Å². The lowest BCUT2D eigenvalue weighted by Crippen LogP contribution is -2.05. The van der Waals surface area contributed by atoms with Gasteiger partial charge in [0.1, 0.15) is 0 Å². The topological polar surface area (TPSA) is 61.7 Å². The van der Waals surface area contributed by atoms with Gasteiger partial charge in [0.15, 0.2) is 5.82 Å². The minimum Gasteiger partial charge on any atom is -0.381 e. The summed E-state index contributed by atoms with van der Waals surface area (Å²) in [5.74, 6) is 0.503. The van der Waals surface area contributed by atoms with Crippen LogP contribution in [0.2, 0.25) is 0 Å². The minimum atomic E-state index is 0.378. The summed E-state index contributed by atoms with van der Waals surface area (Å²) in [7, 11) is 0. The summed E-state index contributed by atoms with van der Waals surface area (Å²) in [6.07, 6.45) is 3.83. The van der Waals surface area contributed by atoms with E-state index in [0.29, 0.717) is 18.4 Å². The molecule has 0 saturated carbocycles. The Balaban J connectivity index is 2.14. The Labute approximate surface area is 102 Å². The summed E-state index contributed by atoms with van der Waals surface area (Å²) < 4.78 is 4.51. The second-order valence-electron chi connectivity index (χ2n) is 3.94. The Hall–Kier alpha value is -1.30. The zero-order chi connectivity index (χ0) is 11.7. The number of nitrogens with two attached hydrogens (primary N) is 1. The molecule has 0 saturated heterocycles. The normalized spacial score (nSPS) is 11.2. The van der Waals surface area contributed by atoms with Gasteiger partial charge in [-0.3, -0.25) is 9.36 Å². The van der Waals surface area contributed by atoms with Crippen LogP contribution in [0, 0.1) is 0 Å². The van der Waals surface area contributed by atoms with E-state index < -0.39 is 0 Å². The van der Waals surface area contributed by atoms with Gasteiger partial charge < -0.3 is 5.73 Å². The van der Waals surface area contributed by atoms with E-state index in [1.807, 2.05) is 23.1 Å². The van der Waals surface area contributed by atoms with Crippen LogP contribution in [0.1, 0.15) is 25.6 Å². The van der Waals surface area contributed by atoms with Crippen LogP contribution in [-0.4, -0.2) is 19.6 Å². The largest absolute Gasteiger partial charge is 0.381 e. The number of nitrogen functional groups attached to an aromatic ring is 1. The molecule has 0 aromatic carbocycles. The van der Waals surface area contributed by atoms with Gasteiger partial charge in [0.25, 0.3) is 0 Å². The second kappa shape index (κ2) is 4.29. The standard InChI is InChI=1S/C10H14BrN5/c1-7(2)16-4-3-8(13-16)5-15-6-9(11)10(12)14-15/h3-4,6-7H,5H2,1-2H3,(H2,12,14). The molecule has 16 heavy (non-hydrogen) atoms. The van der Waals surface area contributed by atoms with E-state index in [9.17, 15) is 0 Å². The summed E-state index contributed by atoms with van der Waals surface area (Å²) in [6.45, 7) is 4.83. The van der Waals surface area contributed by atoms with Crippen LogP contribution in [0.25, 0.3) is 0 Å². The molecule has 0 radical (unpaired) electrons. The minimum absolute atomic E-state index is 0.378. The van der Waals surface area contributed by atoms with Crippen molar-refractivity contribution in [1.29, 1.82) is 0 Å². The lowest BCUT2D eigenvalue weighted by atomic mass is 10.4. The average Bonchev–Trinajstić information content (AvgIpc) is 2.76. The molecular weight excluding hydrogens is 270 g/mol. The molecule has 86 valence electrons. The molecule has 2 aromatic heterocycles. The van der Waals surface area contributed by atoms with Crippen LogP contribution in [0.5, 0.6) is 0 Å². The van der Waals surface area contributed by atoms with Crippen molar-refractivity contribution in [3.05, 3.63) is 28.6 Å². The monoisotopic (exact) mass is 283 g/mol. The Morgan fingerprint density at radius 2 is 2.19 bits per heavy atom. The predicted molar refractivity (Wildman–Crippen MR) is 66.1 cm³/mol. The molecule has 5 nitrogen and oxygen atoms in total. The number of aromatic nitrogens is 4. The van der Waals surface area contributed by atoms with Crippen molar-refractivity contribution < 1.29 is 0 Å². The highest BCUT2D eigenvalue weighted by Crippen LogP contribution is 2.17. The molecule has 0 aliphatic carbocycles. The summed E-state index contributed by atoms with van der Waals surface area (Å²) in [5.41, 5.74) is 6.62. The molecule has 6 heteroatoms. The Morgan fingerprint density at radius 1 is 1.44 bits per heavy atom. The first-order chi connectivity index (χ1) is 7.56. The fourth-order valence-electron chi connectivity index (χ4n) is 1.41. The van der Waals surface area contributed by atoms with Crippen LogP contribution in [0.4, 0.5) is 5.82 Å². The molecule has 2 rings (SSSR count). The van der Waals surface area contributed by atoms with Crippen LogP contribution < -0.4 is 5.73 Å². The smallest absolute Gasteiger partial charge is 0.159 e. The van der Waals surface area contributed by atoms with Gasteiger partial charge in [-0.2, -0.15) is 10.2 Å². The fourth-order valence-corrected chi connectivity index (χ4v) is 1.72. The summed E-state index contributed by atoms with van der Waals surface area (Å²) in [6, 6.07) is 2.37. The van der Waals surface area contributed by atoms with Crippen molar-refractivity contribution in [2.75, 3.05) is 5.73 Å². The van der Waals surface area contributed by atoms with Crippen LogP contribution in [0.15, 0.2) is 22.9 Å². The summed E-state index contributed by atoms with van der Waals surface area (Å²) in [5, 5.41) is 8.60. The van der Waals surface area contributed by atoms with Gasteiger partial charge in [0, 0.05) is 18.4 Å². The molecule has 0 amide bonds. The number of nitrogens with zero attached hydrogens (tertiary/aromatic N) is 4. The first-order valence-electron chi connectivity index (χ1n) is 5.08. The van der Waals surface area contributed by atoms with Crippen molar-refractivity contribution in [2.45, 2.75) is 26.4 Å². The van der Waals surface area contributed by atoms with E-state index in [1.165, 1.54) is 0 Å². The lowest BCUT2D eigenvalue weighted by molar-refractivity contribution is 0.521. The Kier molecular flexibility index (Phi) is 3.00. The maximum absolute atomic E-state index is 5.64. The zero-order valence-electron chi connectivity index (χ0n) is 9.26. The number of anilines is 1. The molecule has 0 unspecified atom stereocenters. The molecule has 0 aliphatic rings. The van der Waals surface area contributed by atoms with E-state index >= 15 is 0 Å². The van der Waals surface area contributed by atoms with Crippen molar-refractivity contribution >= 4 is 21.7 Å². The maximum Gasteiger partial charge on any atom is 0.159 e. The number of hydrogen-bond donors (Lipinski definition) is 1. The van der Waals surface area contributed by atoms with Crippen molar-refractivity contribution in [3.8, 4) is 0 Å². The summed E-state index contributed by atoms with van der Waals surface area (Å²) >= 11 is 3.32. The Bertz CT molecular complexity index is 466. The SMILES string of the molecule is CC(C)n1ccc(Cn2cc(Br)c(N)n2)n1. The fraction of sp³-hybridized carbons (Fsp3) is 0.400. The molecule has 0 atom stereocenters. The third kappa shape index (κ3) is 2.27. The predicted octanol–water partition coefficient (Wildman–Crippen LogP) is 2.05. The third-order valence-electron chi connectivity index (χ3n) is 2.26. The van der Waals surface area contributed by atoms with E-state index in [4.69, 9.17) is 5.73 Å². The van der Waals surface area contributed by atoms with E-state index in [2.05, 4.69) is 40.0 Å². The number of hydrogen-bond acceptors (Lipinski definition) is 3. The highest BCUT2D eigenvalue weighted by atomic mass is 79.9. The number of rotatable bonds is 3. The van der Waals surface area contributed by atoms with Gasteiger partial charge in [-0.1, -0.05) is 0 Å². The highest BCUT2D eigenvalue weighted by Gasteiger charge is 2.06. The first kappa shape index (κ1) is 11.2. The number of halogens is 1. The van der Waals surface area contributed by atoms with Crippen molar-refractivity contribution in [2.24, 2.45) is 0 Å². The van der Waals surface area contributed by atoms with E-state index in [-0.39, 0.29) is 0 Å².